The molecule has 9 heteroatoms. The standard InChI is InChI=1S/C22H25F2N5O2/c1-13-10-28(11-15-2-3-16(23)8-18(15)24)12-17(13)20-26-22(30)19-9-25-21(29(19)27-20)14-4-6-31-7-5-14/h2-3,8-9,13-14,17H,4-7,10-12H2,1H3,(H,26,27,30)/t13-,17-/m1/s1. The lowest BCUT2D eigenvalue weighted by molar-refractivity contribution is 0.0832. The van der Waals surface area contributed by atoms with E-state index >= 15 is 0 Å². The normalized spacial score (nSPS) is 23.1. The van der Waals surface area contributed by atoms with Crippen LogP contribution in [0.2, 0.25) is 0 Å². The molecule has 4 heterocycles. The summed E-state index contributed by atoms with van der Waals surface area (Å²) in [7, 11) is 0. The number of aromatic nitrogens is 4. The molecule has 0 spiro atoms. The van der Waals surface area contributed by atoms with E-state index in [9.17, 15) is 13.6 Å². The molecular weight excluding hydrogens is 404 g/mol. The molecule has 7 nitrogen and oxygen atoms in total. The average Bonchev–Trinajstić information content (AvgIpc) is 3.34. The topological polar surface area (TPSA) is 75.5 Å². The summed E-state index contributed by atoms with van der Waals surface area (Å²) in [5, 5.41) is 4.78. The molecule has 0 bridgehead atoms. The van der Waals surface area contributed by atoms with Gasteiger partial charge < -0.3 is 9.72 Å². The van der Waals surface area contributed by atoms with Gasteiger partial charge in [0.2, 0.25) is 0 Å². The van der Waals surface area contributed by atoms with Gasteiger partial charge in [-0.2, -0.15) is 5.10 Å². The lowest BCUT2D eigenvalue weighted by Crippen LogP contribution is -2.24. The van der Waals surface area contributed by atoms with Crippen LogP contribution < -0.4 is 5.56 Å². The number of H-pyrrole nitrogens is 1. The van der Waals surface area contributed by atoms with Crippen LogP contribution in [0.25, 0.3) is 5.52 Å². The number of imidazole rings is 1. The molecule has 2 fully saturated rings. The maximum atomic E-state index is 14.1. The molecule has 2 atom stereocenters. The number of benzene rings is 1. The zero-order chi connectivity index (χ0) is 21.5. The van der Waals surface area contributed by atoms with E-state index in [0.29, 0.717) is 43.2 Å². The molecule has 0 radical (unpaired) electrons. The van der Waals surface area contributed by atoms with Crippen LogP contribution >= 0.6 is 0 Å². The summed E-state index contributed by atoms with van der Waals surface area (Å²) in [6, 6.07) is 3.68. The summed E-state index contributed by atoms with van der Waals surface area (Å²) in [6.07, 6.45) is 3.31. The number of aromatic amines is 1. The quantitative estimate of drug-likeness (QED) is 0.690. The fourth-order valence-electron chi connectivity index (χ4n) is 4.78. The molecule has 0 aliphatic carbocycles. The molecule has 2 aromatic heterocycles. The largest absolute Gasteiger partial charge is 0.381 e. The van der Waals surface area contributed by atoms with Gasteiger partial charge in [-0.25, -0.2) is 18.3 Å². The van der Waals surface area contributed by atoms with Crippen molar-refractivity contribution >= 4 is 5.52 Å². The van der Waals surface area contributed by atoms with Gasteiger partial charge in [-0.3, -0.25) is 9.69 Å². The Kier molecular flexibility index (Phi) is 5.31. The van der Waals surface area contributed by atoms with E-state index in [0.717, 1.165) is 31.3 Å². The Labute approximate surface area is 178 Å². The van der Waals surface area contributed by atoms with Crippen molar-refractivity contribution in [1.29, 1.82) is 0 Å². The summed E-state index contributed by atoms with van der Waals surface area (Å²) in [4.78, 5) is 22.3. The number of fused-ring (bicyclic) bond motifs is 1. The fraction of sp³-hybridized carbons (Fsp3) is 0.500. The second kappa shape index (κ2) is 8.12. The smallest absolute Gasteiger partial charge is 0.276 e. The van der Waals surface area contributed by atoms with Gasteiger partial charge in [0.05, 0.1) is 6.20 Å². The molecule has 0 saturated carbocycles. The minimum absolute atomic E-state index is 0.00514. The third kappa shape index (κ3) is 3.87. The Morgan fingerprint density at radius 1 is 1.23 bits per heavy atom. The number of ether oxygens (including phenoxy) is 1. The Morgan fingerprint density at radius 2 is 2.03 bits per heavy atom. The van der Waals surface area contributed by atoms with Crippen molar-refractivity contribution in [3.05, 3.63) is 63.6 Å². The molecule has 164 valence electrons. The lowest BCUT2D eigenvalue weighted by Gasteiger charge is -2.21. The fourth-order valence-corrected chi connectivity index (χ4v) is 4.78. The Balaban J connectivity index is 1.41. The summed E-state index contributed by atoms with van der Waals surface area (Å²) in [5.74, 6) is 0.759. The van der Waals surface area contributed by atoms with Crippen molar-refractivity contribution in [3.8, 4) is 0 Å². The first-order chi connectivity index (χ1) is 15.0. The number of nitrogens with one attached hydrogen (secondary N) is 1. The van der Waals surface area contributed by atoms with E-state index in [1.54, 1.807) is 10.7 Å². The predicted octanol–water partition coefficient (Wildman–Crippen LogP) is 2.83. The third-order valence-corrected chi connectivity index (χ3v) is 6.48. The van der Waals surface area contributed by atoms with Crippen molar-refractivity contribution in [2.75, 3.05) is 26.3 Å². The van der Waals surface area contributed by atoms with E-state index in [-0.39, 0.29) is 23.3 Å². The second-order valence-corrected chi connectivity index (χ2v) is 8.65. The lowest BCUT2D eigenvalue weighted by atomic mass is 9.97. The first kappa shape index (κ1) is 20.3. The average molecular weight is 429 g/mol. The van der Waals surface area contributed by atoms with Crippen LogP contribution in [0.4, 0.5) is 8.78 Å². The maximum Gasteiger partial charge on any atom is 0.276 e. The SMILES string of the molecule is C[C@@H]1CN(Cc2ccc(F)cc2F)C[C@H]1c1nn2c(C3CCOCC3)ncc2c(=O)[nH]1. The van der Waals surface area contributed by atoms with E-state index in [2.05, 4.69) is 21.8 Å². The highest BCUT2D eigenvalue weighted by molar-refractivity contribution is 5.42. The van der Waals surface area contributed by atoms with Gasteiger partial charge in [0.15, 0.2) is 5.52 Å². The van der Waals surface area contributed by atoms with Gasteiger partial charge in [-0.15, -0.1) is 0 Å². The van der Waals surface area contributed by atoms with Crippen LogP contribution in [-0.4, -0.2) is 50.8 Å². The zero-order valence-electron chi connectivity index (χ0n) is 17.4. The van der Waals surface area contributed by atoms with Gasteiger partial charge in [-0.05, 0) is 24.8 Å². The van der Waals surface area contributed by atoms with Crippen molar-refractivity contribution in [2.24, 2.45) is 5.92 Å². The second-order valence-electron chi connectivity index (χ2n) is 8.65. The number of hydrogen-bond acceptors (Lipinski definition) is 5. The van der Waals surface area contributed by atoms with Crippen LogP contribution in [0.5, 0.6) is 0 Å². The van der Waals surface area contributed by atoms with Gasteiger partial charge in [0.1, 0.15) is 23.3 Å². The third-order valence-electron chi connectivity index (χ3n) is 6.48. The minimum atomic E-state index is -0.579. The van der Waals surface area contributed by atoms with Crippen LogP contribution in [0.1, 0.15) is 48.8 Å². The van der Waals surface area contributed by atoms with E-state index in [4.69, 9.17) is 9.84 Å². The molecular formula is C22H25F2N5O2. The van der Waals surface area contributed by atoms with Crippen molar-refractivity contribution < 1.29 is 13.5 Å². The summed E-state index contributed by atoms with van der Waals surface area (Å²) in [6.45, 7) is 5.23. The van der Waals surface area contributed by atoms with Crippen LogP contribution in [-0.2, 0) is 11.3 Å². The van der Waals surface area contributed by atoms with Gasteiger partial charge >= 0.3 is 0 Å². The molecule has 31 heavy (non-hydrogen) atoms. The highest BCUT2D eigenvalue weighted by Gasteiger charge is 2.34. The zero-order valence-corrected chi connectivity index (χ0v) is 17.4. The summed E-state index contributed by atoms with van der Waals surface area (Å²) in [5.41, 5.74) is 0.703. The van der Waals surface area contributed by atoms with E-state index in [1.807, 2.05) is 0 Å². The molecule has 5 rings (SSSR count). The van der Waals surface area contributed by atoms with Crippen LogP contribution in [0.15, 0.2) is 29.2 Å². The Morgan fingerprint density at radius 3 is 2.81 bits per heavy atom. The first-order valence-corrected chi connectivity index (χ1v) is 10.7. The maximum absolute atomic E-state index is 14.1. The van der Waals surface area contributed by atoms with E-state index in [1.165, 1.54) is 12.1 Å². The molecule has 0 amide bonds. The van der Waals surface area contributed by atoms with Crippen LogP contribution in [0, 0.1) is 17.6 Å². The Bertz CT molecular complexity index is 1150. The number of halogens is 2. The van der Waals surface area contributed by atoms with Crippen LogP contribution in [0.3, 0.4) is 0 Å². The number of likely N-dealkylation sites (tertiary alicyclic amines) is 1. The summed E-state index contributed by atoms with van der Waals surface area (Å²) >= 11 is 0. The molecule has 3 aromatic rings. The van der Waals surface area contributed by atoms with Gasteiger partial charge in [0.25, 0.3) is 5.56 Å². The van der Waals surface area contributed by atoms with E-state index < -0.39 is 11.6 Å². The monoisotopic (exact) mass is 429 g/mol. The first-order valence-electron chi connectivity index (χ1n) is 10.7. The van der Waals surface area contributed by atoms with Gasteiger partial charge in [0, 0.05) is 56.3 Å². The molecule has 2 saturated heterocycles. The molecule has 0 unspecified atom stereocenters. The summed E-state index contributed by atoms with van der Waals surface area (Å²) < 4.78 is 34.4. The highest BCUT2D eigenvalue weighted by Crippen LogP contribution is 2.32. The number of hydrogen-bond donors (Lipinski definition) is 1. The minimum Gasteiger partial charge on any atom is -0.381 e. The van der Waals surface area contributed by atoms with Crippen molar-refractivity contribution in [3.63, 3.8) is 0 Å². The van der Waals surface area contributed by atoms with Crippen molar-refractivity contribution in [2.45, 2.75) is 38.1 Å². The predicted molar refractivity (Wildman–Crippen MR) is 110 cm³/mol. The van der Waals surface area contributed by atoms with Crippen molar-refractivity contribution in [1.82, 2.24) is 24.5 Å². The highest BCUT2D eigenvalue weighted by atomic mass is 19.1. The Hall–Kier alpha value is -2.65. The molecule has 2 aliphatic heterocycles. The molecule has 1 N–H and O–H groups in total. The number of rotatable bonds is 4. The molecule has 2 aliphatic rings. The van der Waals surface area contributed by atoms with Gasteiger partial charge in [-0.1, -0.05) is 13.0 Å². The number of nitrogens with zero attached hydrogens (tertiary/aromatic N) is 4. The molecule has 1 aromatic carbocycles.